The lowest BCUT2D eigenvalue weighted by molar-refractivity contribution is -0.384. The van der Waals surface area contributed by atoms with Crippen molar-refractivity contribution in [2.45, 2.75) is 139 Å². The van der Waals surface area contributed by atoms with Crippen molar-refractivity contribution < 1.29 is 37.5 Å². The molecule has 11 rings (SSSR count). The number of hydrogen-bond acceptors (Lipinski definition) is 14. The average molecular weight is 1030 g/mol. The summed E-state index contributed by atoms with van der Waals surface area (Å²) in [5.41, 5.74) is 3.40. The lowest BCUT2D eigenvalue weighted by atomic mass is 9.59. The molecule has 0 radical (unpaired) electrons. The molecule has 18 heteroatoms. The van der Waals surface area contributed by atoms with Gasteiger partial charge in [-0.25, -0.2) is 13.1 Å². The number of carbonyl (C=O) groups is 1. The number of piperidine rings is 1. The van der Waals surface area contributed by atoms with Gasteiger partial charge in [-0.3, -0.25) is 24.7 Å². The quantitative estimate of drug-likeness (QED) is 0.0570. The van der Waals surface area contributed by atoms with Crippen LogP contribution in [-0.4, -0.2) is 114 Å². The summed E-state index contributed by atoms with van der Waals surface area (Å²) in [5, 5.41) is 27.1. The first kappa shape index (κ1) is 50.2. The minimum absolute atomic E-state index is 0.00280. The molecule has 74 heavy (non-hydrogen) atoms. The molecule has 5 aromatic rings. The van der Waals surface area contributed by atoms with Crippen molar-refractivity contribution in [1.29, 1.82) is 0 Å². The van der Waals surface area contributed by atoms with Crippen molar-refractivity contribution in [3.63, 3.8) is 0 Å². The van der Waals surface area contributed by atoms with Crippen molar-refractivity contribution in [3.05, 3.63) is 99.7 Å². The molecule has 2 saturated carbocycles. The topological polar surface area (TPSA) is 205 Å². The van der Waals surface area contributed by atoms with Crippen LogP contribution in [0.5, 0.6) is 23.1 Å². The Balaban J connectivity index is 0.843. The number of hydrogen-bond donors (Lipinski definition) is 4. The Kier molecular flexibility index (Phi) is 13.5. The summed E-state index contributed by atoms with van der Waals surface area (Å²) in [4.78, 5) is 41.2. The van der Waals surface area contributed by atoms with Gasteiger partial charge in [0, 0.05) is 73.2 Å². The number of amides is 1. The molecule has 4 aliphatic heterocycles. The van der Waals surface area contributed by atoms with E-state index < -0.39 is 37.0 Å². The van der Waals surface area contributed by atoms with Crippen LogP contribution in [0, 0.1) is 21.4 Å². The number of fused-ring (bicyclic) bond motifs is 2. The van der Waals surface area contributed by atoms with E-state index in [1.165, 1.54) is 42.9 Å². The predicted octanol–water partition coefficient (Wildman–Crippen LogP) is 9.68. The fraction of sp³-hybridized carbons (Fsp3) is 0.536. The van der Waals surface area contributed by atoms with E-state index in [4.69, 9.17) is 19.2 Å². The van der Waals surface area contributed by atoms with E-state index in [0.29, 0.717) is 55.9 Å². The monoisotopic (exact) mass is 1030 g/mol. The molecule has 5 fully saturated rings. The Morgan fingerprint density at radius 2 is 1.77 bits per heavy atom. The van der Waals surface area contributed by atoms with Crippen LogP contribution in [0.25, 0.3) is 11.0 Å². The van der Waals surface area contributed by atoms with Crippen LogP contribution < -0.4 is 29.1 Å². The van der Waals surface area contributed by atoms with E-state index in [2.05, 4.69) is 74.8 Å². The van der Waals surface area contributed by atoms with Crippen LogP contribution in [0.4, 0.5) is 17.1 Å². The molecule has 17 nitrogen and oxygen atoms in total. The lowest BCUT2D eigenvalue weighted by Crippen LogP contribution is -2.54. The Morgan fingerprint density at radius 1 is 0.986 bits per heavy atom. The van der Waals surface area contributed by atoms with Gasteiger partial charge in [-0.1, -0.05) is 45.0 Å². The zero-order valence-electron chi connectivity index (χ0n) is 43.0. The van der Waals surface area contributed by atoms with E-state index in [0.717, 1.165) is 69.1 Å². The van der Waals surface area contributed by atoms with Gasteiger partial charge in [-0.2, -0.15) is 4.98 Å². The van der Waals surface area contributed by atoms with Crippen molar-refractivity contribution >= 4 is 44.0 Å². The number of anilines is 2. The molecule has 6 heterocycles. The van der Waals surface area contributed by atoms with Gasteiger partial charge in [0.05, 0.1) is 27.0 Å². The van der Waals surface area contributed by atoms with Gasteiger partial charge in [-0.05, 0) is 143 Å². The fourth-order valence-electron chi connectivity index (χ4n) is 12.9. The van der Waals surface area contributed by atoms with Gasteiger partial charge in [-0.15, -0.1) is 0 Å². The average Bonchev–Trinajstić information content (AvgIpc) is 4.05. The number of nitrogens with zero attached hydrogens (tertiary/aromatic N) is 5. The number of aromatic amines is 1. The second kappa shape index (κ2) is 20.0. The van der Waals surface area contributed by atoms with Crippen LogP contribution in [0.3, 0.4) is 0 Å². The Bertz CT molecular complexity index is 3020. The molecule has 3 atom stereocenters. The van der Waals surface area contributed by atoms with E-state index >= 15 is 0 Å². The number of likely N-dealkylation sites (N-methyl/N-ethyl adjacent to an activating group) is 1. The van der Waals surface area contributed by atoms with Gasteiger partial charge in [0.1, 0.15) is 24.6 Å². The third-order valence-electron chi connectivity index (χ3n) is 17.5. The lowest BCUT2D eigenvalue weighted by Gasteiger charge is -2.56. The Hall–Kier alpha value is -5.95. The molecule has 0 bridgehead atoms. The Labute approximate surface area is 433 Å². The highest BCUT2D eigenvalue weighted by atomic mass is 32.2. The number of sulfonamides is 1. The summed E-state index contributed by atoms with van der Waals surface area (Å²) in [6, 6.07) is 21.0. The SMILES string of the molecule is CCN1CC[C@@H]1COc1nc2[nH]ccc2cc1Oc1cc(N2CCC3(CC2)CC(N2CCC[C@@H]2c2ccccc2C(C)C)C3)ccc1C(=O)NS(=O)(=O)c1cc2c(c([N+](=O)[O-])c1)N[C@@H](C1CCC(C)(O)CC1)CO2. The van der Waals surface area contributed by atoms with E-state index in [-0.39, 0.29) is 64.4 Å². The Morgan fingerprint density at radius 3 is 2.50 bits per heavy atom. The number of ether oxygens (including phenoxy) is 3. The molecule has 4 N–H and O–H groups in total. The number of likely N-dealkylation sites (tertiary alicyclic amines) is 2. The molecule has 1 amide bonds. The van der Waals surface area contributed by atoms with Crippen LogP contribution in [0.15, 0.2) is 77.8 Å². The van der Waals surface area contributed by atoms with Gasteiger partial charge in [0.2, 0.25) is 0 Å². The summed E-state index contributed by atoms with van der Waals surface area (Å²) in [6.45, 7) is 13.7. The molecule has 3 aromatic carbocycles. The second-order valence-corrected chi connectivity index (χ2v) is 24.2. The largest absolute Gasteiger partial charge is 0.489 e. The first-order chi connectivity index (χ1) is 35.6. The molecule has 1 spiro atoms. The van der Waals surface area contributed by atoms with Crippen LogP contribution >= 0.6 is 0 Å². The molecular weight excluding hydrogens is 961 g/mol. The minimum Gasteiger partial charge on any atom is -0.489 e. The standard InChI is InChI=1S/C56H70N8O9S/c1-5-61-24-17-39(61)33-72-54-50(27-37-16-22-57-52(37)59-54)73-48-28-38(62-25-20-56(21-26-62)31-40(32-56)63-23-8-11-46(63)43-10-7-6-9-42(43)35(2)3)12-13-44(48)53(65)60-74(69,70)41-29-47(64(67)68)51-49(30-41)71-34-45(58-51)36-14-18-55(4,66)19-15-36/h6-7,9-10,12-13,16,22,27-30,35-36,39-40,45-46,58,66H,5,8,11,14-15,17-21,23-26,31-34H2,1-4H3,(H,57,59)(H,60,65)/t36?,39-,45-,46-,55?/m1/s1. The van der Waals surface area contributed by atoms with Gasteiger partial charge in [0.15, 0.2) is 17.2 Å². The van der Waals surface area contributed by atoms with Gasteiger partial charge in [0.25, 0.3) is 27.5 Å². The summed E-state index contributed by atoms with van der Waals surface area (Å²) >= 11 is 0. The highest BCUT2D eigenvalue weighted by molar-refractivity contribution is 7.90. The number of pyridine rings is 1. The number of nitro groups is 1. The number of H-pyrrole nitrogens is 1. The number of nitro benzene ring substituents is 1. The van der Waals surface area contributed by atoms with Crippen molar-refractivity contribution in [2.75, 3.05) is 56.2 Å². The van der Waals surface area contributed by atoms with E-state index in [1.807, 2.05) is 19.1 Å². The third-order valence-corrected chi connectivity index (χ3v) is 18.8. The number of aromatic nitrogens is 2. The van der Waals surface area contributed by atoms with Gasteiger partial charge < -0.3 is 34.5 Å². The highest BCUT2D eigenvalue weighted by Gasteiger charge is 2.50. The summed E-state index contributed by atoms with van der Waals surface area (Å²) < 4.78 is 49.8. The maximum Gasteiger partial charge on any atom is 0.297 e. The van der Waals surface area contributed by atoms with Crippen molar-refractivity contribution in [3.8, 4) is 23.1 Å². The number of rotatable bonds is 15. The molecule has 3 saturated heterocycles. The predicted molar refractivity (Wildman–Crippen MR) is 283 cm³/mol. The smallest absolute Gasteiger partial charge is 0.297 e. The maximum atomic E-state index is 14.5. The van der Waals surface area contributed by atoms with E-state index in [1.54, 1.807) is 24.4 Å². The number of nitrogens with one attached hydrogen (secondary N) is 3. The first-order valence-electron chi connectivity index (χ1n) is 26.8. The molecular formula is C56H70N8O9S. The second-order valence-electron chi connectivity index (χ2n) is 22.5. The zero-order valence-corrected chi connectivity index (χ0v) is 43.8. The molecule has 0 unspecified atom stereocenters. The molecule has 394 valence electrons. The molecule has 2 aromatic heterocycles. The van der Waals surface area contributed by atoms with Gasteiger partial charge >= 0.3 is 0 Å². The summed E-state index contributed by atoms with van der Waals surface area (Å²) in [7, 11) is -4.72. The molecule has 2 aliphatic carbocycles. The zero-order chi connectivity index (χ0) is 51.5. The highest BCUT2D eigenvalue weighted by Crippen LogP contribution is 2.55. The van der Waals surface area contributed by atoms with Crippen LogP contribution in [0.2, 0.25) is 0 Å². The number of aliphatic hydroxyl groups is 1. The minimum atomic E-state index is -4.72. The third kappa shape index (κ3) is 9.90. The number of benzene rings is 3. The van der Waals surface area contributed by atoms with Crippen LogP contribution in [0.1, 0.15) is 132 Å². The molecule has 6 aliphatic rings. The van der Waals surface area contributed by atoms with E-state index in [9.17, 15) is 28.4 Å². The normalized spacial score (nSPS) is 25.2. The maximum absolute atomic E-state index is 14.5. The van der Waals surface area contributed by atoms with Crippen molar-refractivity contribution in [2.24, 2.45) is 11.3 Å². The fourth-order valence-corrected chi connectivity index (χ4v) is 13.9. The summed E-state index contributed by atoms with van der Waals surface area (Å²) in [5.74, 6) is 0.174. The van der Waals surface area contributed by atoms with Crippen molar-refractivity contribution in [1.82, 2.24) is 24.5 Å². The number of carbonyl (C=O) groups excluding carboxylic acids is 1. The summed E-state index contributed by atoms with van der Waals surface area (Å²) in [6.07, 6.45) is 12.2. The van der Waals surface area contributed by atoms with Crippen LogP contribution in [-0.2, 0) is 10.0 Å². The first-order valence-corrected chi connectivity index (χ1v) is 28.3.